The molecule has 0 amide bonds. The van der Waals surface area contributed by atoms with Crippen molar-refractivity contribution in [1.82, 2.24) is 0 Å². The largest absolute Gasteiger partial charge is 0.369 e. The van der Waals surface area contributed by atoms with Crippen molar-refractivity contribution in [1.29, 1.82) is 0 Å². The Balaban J connectivity index is 3.22. The van der Waals surface area contributed by atoms with E-state index in [-0.39, 0.29) is 5.41 Å². The highest BCUT2D eigenvalue weighted by Crippen LogP contribution is 2.32. The second-order valence-electron chi connectivity index (χ2n) is 5.65. The van der Waals surface area contributed by atoms with Crippen molar-refractivity contribution < 1.29 is 0 Å². The van der Waals surface area contributed by atoms with Gasteiger partial charge in [0.25, 0.3) is 0 Å². The molecule has 0 unspecified atom stereocenters. The molecular weight excluding hydrogens is 194 g/mol. The molecule has 90 valence electrons. The molecule has 0 fully saturated rings. The fourth-order valence-corrected chi connectivity index (χ4v) is 2.17. The van der Waals surface area contributed by atoms with Crippen molar-refractivity contribution in [2.75, 3.05) is 11.4 Å². The van der Waals surface area contributed by atoms with E-state index in [0.717, 1.165) is 6.54 Å². The summed E-state index contributed by atoms with van der Waals surface area (Å²) < 4.78 is 0. The van der Waals surface area contributed by atoms with Crippen LogP contribution in [0.1, 0.15) is 47.1 Å². The van der Waals surface area contributed by atoms with Gasteiger partial charge >= 0.3 is 0 Å². The normalized spacial score (nSPS) is 11.9. The average Bonchev–Trinajstić information content (AvgIpc) is 2.17. The molecule has 1 heteroatoms. The minimum absolute atomic E-state index is 0.207. The third-order valence-electron chi connectivity index (χ3n) is 2.99. The predicted molar refractivity (Wildman–Crippen MR) is 73.3 cm³/mol. The van der Waals surface area contributed by atoms with Crippen LogP contribution in [0, 0.1) is 0 Å². The van der Waals surface area contributed by atoms with Gasteiger partial charge in [0.05, 0.1) is 0 Å². The molecular formula is C15H25N. The van der Waals surface area contributed by atoms with E-state index in [1.165, 1.54) is 11.3 Å². The lowest BCUT2D eigenvalue weighted by Gasteiger charge is -2.33. The molecule has 0 N–H and O–H groups in total. The summed E-state index contributed by atoms with van der Waals surface area (Å²) in [6.45, 7) is 14.6. The number of rotatable bonds is 3. The number of hydrogen-bond acceptors (Lipinski definition) is 1. The van der Waals surface area contributed by atoms with E-state index in [1.54, 1.807) is 0 Å². The lowest BCUT2D eigenvalue weighted by Crippen LogP contribution is -2.32. The summed E-state index contributed by atoms with van der Waals surface area (Å²) in [6.07, 6.45) is 0. The van der Waals surface area contributed by atoms with Crippen LogP contribution in [0.3, 0.4) is 0 Å². The smallest absolute Gasteiger partial charge is 0.0406 e. The van der Waals surface area contributed by atoms with E-state index >= 15 is 0 Å². The van der Waals surface area contributed by atoms with Crippen LogP contribution in [0.25, 0.3) is 0 Å². The van der Waals surface area contributed by atoms with Crippen molar-refractivity contribution in [3.63, 3.8) is 0 Å². The second-order valence-corrected chi connectivity index (χ2v) is 5.65. The lowest BCUT2D eigenvalue weighted by atomic mass is 9.85. The number of anilines is 1. The highest BCUT2D eigenvalue weighted by atomic mass is 15.1. The summed E-state index contributed by atoms with van der Waals surface area (Å²) in [5.74, 6) is 0. The van der Waals surface area contributed by atoms with Crippen LogP contribution in [0.5, 0.6) is 0 Å². The molecule has 1 rings (SSSR count). The van der Waals surface area contributed by atoms with Crippen molar-refractivity contribution in [3.8, 4) is 0 Å². The molecule has 16 heavy (non-hydrogen) atoms. The Hall–Kier alpha value is -0.980. The van der Waals surface area contributed by atoms with E-state index in [2.05, 4.69) is 70.7 Å². The van der Waals surface area contributed by atoms with E-state index in [0.29, 0.717) is 6.04 Å². The first-order chi connectivity index (χ1) is 7.38. The highest BCUT2D eigenvalue weighted by Gasteiger charge is 2.21. The first-order valence-electron chi connectivity index (χ1n) is 6.24. The van der Waals surface area contributed by atoms with Crippen LogP contribution in [0.4, 0.5) is 5.69 Å². The zero-order valence-corrected chi connectivity index (χ0v) is 11.5. The molecule has 0 saturated carbocycles. The topological polar surface area (TPSA) is 3.24 Å². The summed E-state index contributed by atoms with van der Waals surface area (Å²) in [4.78, 5) is 2.46. The van der Waals surface area contributed by atoms with Gasteiger partial charge in [-0.05, 0) is 37.8 Å². The fraction of sp³-hybridized carbons (Fsp3) is 0.600. The van der Waals surface area contributed by atoms with Gasteiger partial charge in [0.2, 0.25) is 0 Å². The Labute approximate surface area is 100 Å². The Morgan fingerprint density at radius 1 is 1.12 bits per heavy atom. The van der Waals surface area contributed by atoms with Gasteiger partial charge in [0, 0.05) is 18.3 Å². The first-order valence-corrected chi connectivity index (χ1v) is 6.24. The Morgan fingerprint density at radius 3 is 2.12 bits per heavy atom. The van der Waals surface area contributed by atoms with Gasteiger partial charge in [0.15, 0.2) is 0 Å². The Morgan fingerprint density at radius 2 is 1.69 bits per heavy atom. The summed E-state index contributed by atoms with van der Waals surface area (Å²) >= 11 is 0. The van der Waals surface area contributed by atoms with E-state index in [4.69, 9.17) is 0 Å². The third-order valence-corrected chi connectivity index (χ3v) is 2.99. The lowest BCUT2D eigenvalue weighted by molar-refractivity contribution is 0.582. The molecule has 0 radical (unpaired) electrons. The summed E-state index contributed by atoms with van der Waals surface area (Å²) in [5, 5.41) is 0. The van der Waals surface area contributed by atoms with Gasteiger partial charge < -0.3 is 4.90 Å². The van der Waals surface area contributed by atoms with Gasteiger partial charge in [-0.25, -0.2) is 0 Å². The zero-order valence-electron chi connectivity index (χ0n) is 11.5. The van der Waals surface area contributed by atoms with Crippen molar-refractivity contribution in [3.05, 3.63) is 29.8 Å². The maximum Gasteiger partial charge on any atom is 0.0406 e. The van der Waals surface area contributed by atoms with Gasteiger partial charge in [-0.3, -0.25) is 0 Å². The van der Waals surface area contributed by atoms with Gasteiger partial charge in [-0.15, -0.1) is 0 Å². The maximum absolute atomic E-state index is 2.46. The molecule has 0 aliphatic rings. The minimum atomic E-state index is 0.207. The molecule has 0 saturated heterocycles. The van der Waals surface area contributed by atoms with Crippen LogP contribution in [0.2, 0.25) is 0 Å². The van der Waals surface area contributed by atoms with Crippen molar-refractivity contribution >= 4 is 5.69 Å². The number of nitrogens with zero attached hydrogens (tertiary/aromatic N) is 1. The standard InChI is InChI=1S/C15H25N/c1-7-16(12(2)3)14-11-9-8-10-13(14)15(4,5)6/h8-12H,7H2,1-6H3. The van der Waals surface area contributed by atoms with Crippen LogP contribution in [0.15, 0.2) is 24.3 Å². The summed E-state index contributed by atoms with van der Waals surface area (Å²) in [7, 11) is 0. The van der Waals surface area contributed by atoms with Crippen molar-refractivity contribution in [2.45, 2.75) is 53.0 Å². The molecule has 1 aromatic rings. The molecule has 0 spiro atoms. The van der Waals surface area contributed by atoms with Gasteiger partial charge in [0.1, 0.15) is 0 Å². The fourth-order valence-electron chi connectivity index (χ4n) is 2.17. The molecule has 1 nitrogen and oxygen atoms in total. The molecule has 1 aromatic carbocycles. The first kappa shape index (κ1) is 13.1. The highest BCUT2D eigenvalue weighted by molar-refractivity contribution is 5.56. The summed E-state index contributed by atoms with van der Waals surface area (Å²) in [5.41, 5.74) is 3.02. The second kappa shape index (κ2) is 4.90. The predicted octanol–water partition coefficient (Wildman–Crippen LogP) is 4.22. The number of para-hydroxylation sites is 1. The Bertz CT molecular complexity index is 334. The maximum atomic E-state index is 2.46. The molecule has 0 aliphatic heterocycles. The summed E-state index contributed by atoms with van der Waals surface area (Å²) in [6, 6.07) is 9.31. The van der Waals surface area contributed by atoms with Crippen LogP contribution in [-0.4, -0.2) is 12.6 Å². The van der Waals surface area contributed by atoms with Crippen LogP contribution in [-0.2, 0) is 5.41 Å². The molecule has 0 bridgehead atoms. The quantitative estimate of drug-likeness (QED) is 0.735. The molecule has 0 heterocycles. The molecule has 0 atom stereocenters. The average molecular weight is 219 g/mol. The van der Waals surface area contributed by atoms with Crippen LogP contribution < -0.4 is 4.90 Å². The van der Waals surface area contributed by atoms with Crippen molar-refractivity contribution in [2.24, 2.45) is 0 Å². The monoisotopic (exact) mass is 219 g/mol. The SMILES string of the molecule is CCN(c1ccccc1C(C)(C)C)C(C)C. The van der Waals surface area contributed by atoms with Gasteiger partial charge in [-0.1, -0.05) is 39.0 Å². The van der Waals surface area contributed by atoms with Crippen LogP contribution >= 0.6 is 0 Å². The number of benzene rings is 1. The third kappa shape index (κ3) is 2.78. The Kier molecular flexibility index (Phi) is 4.01. The van der Waals surface area contributed by atoms with E-state index < -0.39 is 0 Å². The zero-order chi connectivity index (χ0) is 12.3. The van der Waals surface area contributed by atoms with E-state index in [9.17, 15) is 0 Å². The molecule has 0 aromatic heterocycles. The molecule has 0 aliphatic carbocycles. The minimum Gasteiger partial charge on any atom is -0.369 e. The van der Waals surface area contributed by atoms with E-state index in [1.807, 2.05) is 0 Å². The number of hydrogen-bond donors (Lipinski definition) is 0. The van der Waals surface area contributed by atoms with Gasteiger partial charge in [-0.2, -0.15) is 0 Å².